The van der Waals surface area contributed by atoms with Crippen molar-refractivity contribution in [2.24, 2.45) is 5.92 Å². The number of ether oxygens (including phenoxy) is 1. The molecule has 2 unspecified atom stereocenters. The van der Waals surface area contributed by atoms with E-state index < -0.39 is 0 Å². The Balaban J connectivity index is 3.22. The van der Waals surface area contributed by atoms with E-state index in [0.717, 1.165) is 12.2 Å². The summed E-state index contributed by atoms with van der Waals surface area (Å²) in [4.78, 5) is 0. The molecule has 0 bridgehead atoms. The second-order valence-corrected chi connectivity index (χ2v) is 6.69. The van der Waals surface area contributed by atoms with Gasteiger partial charge in [0.05, 0.1) is 6.61 Å². The maximum Gasteiger partial charge on any atom is 0.122 e. The number of hydrogen-bond acceptors (Lipinski definition) is 1. The molecule has 2 atom stereocenters. The van der Waals surface area contributed by atoms with Crippen molar-refractivity contribution in [2.75, 3.05) is 6.61 Å². The van der Waals surface area contributed by atoms with Crippen LogP contribution in [0.3, 0.4) is 0 Å². The second kappa shape index (κ2) is 7.55. The first kappa shape index (κ1) is 17.6. The molecule has 21 heavy (non-hydrogen) atoms. The van der Waals surface area contributed by atoms with E-state index in [1.165, 1.54) is 11.1 Å². The van der Waals surface area contributed by atoms with Crippen LogP contribution in [0.4, 0.5) is 0 Å². The SMILES string of the molecule is CCC#CC(C)C(C)c1cc(C(C)(C)C)ccc1OCC. The van der Waals surface area contributed by atoms with Gasteiger partial charge in [0, 0.05) is 12.3 Å². The maximum atomic E-state index is 5.83. The molecule has 0 aliphatic carbocycles. The highest BCUT2D eigenvalue weighted by molar-refractivity contribution is 5.42. The molecule has 0 aromatic heterocycles. The van der Waals surface area contributed by atoms with E-state index in [4.69, 9.17) is 4.74 Å². The molecule has 1 aromatic carbocycles. The molecular weight excluding hydrogens is 256 g/mol. The first-order chi connectivity index (χ1) is 9.81. The highest BCUT2D eigenvalue weighted by Gasteiger charge is 2.21. The average Bonchev–Trinajstić information content (AvgIpc) is 2.43. The van der Waals surface area contributed by atoms with Crippen molar-refractivity contribution in [1.82, 2.24) is 0 Å². The number of benzene rings is 1. The molecular formula is C20H30O. The lowest BCUT2D eigenvalue weighted by molar-refractivity contribution is 0.332. The lowest BCUT2D eigenvalue weighted by Crippen LogP contribution is -2.14. The normalized spacial score (nSPS) is 14.0. The van der Waals surface area contributed by atoms with Crippen LogP contribution in [0, 0.1) is 17.8 Å². The summed E-state index contributed by atoms with van der Waals surface area (Å²) < 4.78 is 5.83. The van der Waals surface area contributed by atoms with E-state index in [9.17, 15) is 0 Å². The molecule has 0 spiro atoms. The fraction of sp³-hybridized carbons (Fsp3) is 0.600. The highest BCUT2D eigenvalue weighted by atomic mass is 16.5. The molecule has 0 fully saturated rings. The first-order valence-electron chi connectivity index (χ1n) is 8.06. The topological polar surface area (TPSA) is 9.23 Å². The van der Waals surface area contributed by atoms with E-state index in [1.54, 1.807) is 0 Å². The van der Waals surface area contributed by atoms with Gasteiger partial charge in [0.1, 0.15) is 5.75 Å². The van der Waals surface area contributed by atoms with Gasteiger partial charge in [-0.05, 0) is 35.4 Å². The van der Waals surface area contributed by atoms with Crippen LogP contribution in [0.2, 0.25) is 0 Å². The second-order valence-electron chi connectivity index (χ2n) is 6.69. The minimum atomic E-state index is 0.150. The van der Waals surface area contributed by atoms with Gasteiger partial charge in [0.2, 0.25) is 0 Å². The Hall–Kier alpha value is -1.42. The predicted molar refractivity (Wildman–Crippen MR) is 92.0 cm³/mol. The van der Waals surface area contributed by atoms with Crippen molar-refractivity contribution < 1.29 is 4.74 Å². The Morgan fingerprint density at radius 2 is 1.81 bits per heavy atom. The van der Waals surface area contributed by atoms with E-state index in [1.807, 2.05) is 6.92 Å². The summed E-state index contributed by atoms with van der Waals surface area (Å²) in [6.07, 6.45) is 0.914. The van der Waals surface area contributed by atoms with Gasteiger partial charge in [0.25, 0.3) is 0 Å². The standard InChI is InChI=1S/C20H30O/c1-8-10-11-15(3)16(4)18-14-17(20(5,6)7)12-13-19(18)21-9-2/h12-16H,8-9H2,1-7H3. The summed E-state index contributed by atoms with van der Waals surface area (Å²) in [6, 6.07) is 6.61. The Morgan fingerprint density at radius 1 is 1.14 bits per heavy atom. The molecule has 0 aliphatic heterocycles. The third-order valence-electron chi connectivity index (χ3n) is 3.92. The molecule has 1 rings (SSSR count). The van der Waals surface area contributed by atoms with Crippen LogP contribution in [0.1, 0.15) is 71.9 Å². The summed E-state index contributed by atoms with van der Waals surface area (Å²) in [5.74, 6) is 8.26. The lowest BCUT2D eigenvalue weighted by atomic mass is 9.82. The van der Waals surface area contributed by atoms with Gasteiger partial charge in [-0.2, -0.15) is 0 Å². The van der Waals surface area contributed by atoms with Crippen molar-refractivity contribution in [3.63, 3.8) is 0 Å². The van der Waals surface area contributed by atoms with E-state index in [2.05, 4.69) is 71.6 Å². The zero-order valence-corrected chi connectivity index (χ0v) is 14.7. The van der Waals surface area contributed by atoms with Crippen LogP contribution >= 0.6 is 0 Å². The fourth-order valence-corrected chi connectivity index (χ4v) is 2.32. The van der Waals surface area contributed by atoms with Crippen LogP contribution < -0.4 is 4.74 Å². The lowest BCUT2D eigenvalue weighted by Gasteiger charge is -2.25. The minimum Gasteiger partial charge on any atom is -0.494 e. The van der Waals surface area contributed by atoms with Gasteiger partial charge in [-0.1, -0.05) is 59.6 Å². The molecule has 0 amide bonds. The summed E-state index contributed by atoms with van der Waals surface area (Å²) in [5.41, 5.74) is 2.78. The molecule has 0 saturated heterocycles. The van der Waals surface area contributed by atoms with Crippen LogP contribution in [-0.4, -0.2) is 6.61 Å². The number of rotatable bonds is 4. The smallest absolute Gasteiger partial charge is 0.122 e. The van der Waals surface area contributed by atoms with Crippen LogP contribution in [0.25, 0.3) is 0 Å². The quantitative estimate of drug-likeness (QED) is 0.661. The third-order valence-corrected chi connectivity index (χ3v) is 3.92. The van der Waals surface area contributed by atoms with Crippen LogP contribution in [0.15, 0.2) is 18.2 Å². The monoisotopic (exact) mass is 286 g/mol. The Labute approximate surface area is 131 Å². The maximum absolute atomic E-state index is 5.83. The van der Waals surface area contributed by atoms with E-state index >= 15 is 0 Å². The molecule has 1 nitrogen and oxygen atoms in total. The Kier molecular flexibility index (Phi) is 6.34. The summed E-state index contributed by atoms with van der Waals surface area (Å²) in [5, 5.41) is 0. The van der Waals surface area contributed by atoms with Crippen molar-refractivity contribution in [1.29, 1.82) is 0 Å². The molecule has 1 aromatic rings. The Bertz CT molecular complexity index is 511. The van der Waals surface area contributed by atoms with Gasteiger partial charge in [-0.3, -0.25) is 0 Å². The molecule has 0 aliphatic rings. The van der Waals surface area contributed by atoms with Crippen LogP contribution in [0.5, 0.6) is 5.75 Å². The molecule has 0 N–H and O–H groups in total. The molecule has 1 heteroatoms. The average molecular weight is 286 g/mol. The van der Waals surface area contributed by atoms with Crippen molar-refractivity contribution >= 4 is 0 Å². The zero-order valence-electron chi connectivity index (χ0n) is 14.7. The van der Waals surface area contributed by atoms with Gasteiger partial charge >= 0.3 is 0 Å². The van der Waals surface area contributed by atoms with E-state index in [0.29, 0.717) is 18.4 Å². The summed E-state index contributed by atoms with van der Waals surface area (Å²) in [6.45, 7) is 16.0. The van der Waals surface area contributed by atoms with Gasteiger partial charge in [-0.25, -0.2) is 0 Å². The third kappa shape index (κ3) is 4.81. The summed E-state index contributed by atoms with van der Waals surface area (Å²) >= 11 is 0. The summed E-state index contributed by atoms with van der Waals surface area (Å²) in [7, 11) is 0. The van der Waals surface area contributed by atoms with E-state index in [-0.39, 0.29) is 5.41 Å². The number of hydrogen-bond donors (Lipinski definition) is 0. The van der Waals surface area contributed by atoms with Crippen molar-refractivity contribution in [2.45, 2.75) is 66.2 Å². The highest BCUT2D eigenvalue weighted by Crippen LogP contribution is 2.35. The molecule has 0 heterocycles. The zero-order chi connectivity index (χ0) is 16.0. The fourth-order valence-electron chi connectivity index (χ4n) is 2.32. The predicted octanol–water partition coefficient (Wildman–Crippen LogP) is 5.54. The van der Waals surface area contributed by atoms with Crippen molar-refractivity contribution in [3.8, 4) is 17.6 Å². The van der Waals surface area contributed by atoms with Gasteiger partial charge in [-0.15, -0.1) is 5.92 Å². The van der Waals surface area contributed by atoms with Crippen LogP contribution in [-0.2, 0) is 5.41 Å². The minimum absolute atomic E-state index is 0.150. The van der Waals surface area contributed by atoms with Crippen molar-refractivity contribution in [3.05, 3.63) is 29.3 Å². The molecule has 0 saturated carbocycles. The largest absolute Gasteiger partial charge is 0.494 e. The molecule has 0 radical (unpaired) electrons. The first-order valence-corrected chi connectivity index (χ1v) is 8.06. The van der Waals surface area contributed by atoms with Gasteiger partial charge in [0.15, 0.2) is 0 Å². The molecule has 116 valence electrons. The van der Waals surface area contributed by atoms with Gasteiger partial charge < -0.3 is 4.74 Å². The Morgan fingerprint density at radius 3 is 2.33 bits per heavy atom.